The minimum absolute atomic E-state index is 0.0789. The lowest BCUT2D eigenvalue weighted by atomic mass is 10.1. The average Bonchev–Trinajstić information content (AvgIpc) is 2.69. The lowest BCUT2D eigenvalue weighted by molar-refractivity contribution is -0.132. The summed E-state index contributed by atoms with van der Waals surface area (Å²) in [4.78, 5) is 25.2. The molecule has 148 valence electrons. The van der Waals surface area contributed by atoms with Crippen LogP contribution >= 0.6 is 11.6 Å². The highest BCUT2D eigenvalue weighted by atomic mass is 35.5. The number of urea groups is 1. The van der Waals surface area contributed by atoms with Gasteiger partial charge in [0, 0.05) is 43.1 Å². The number of nitrogens with two attached hydrogens (primary N) is 1. The van der Waals surface area contributed by atoms with Crippen LogP contribution in [-0.4, -0.2) is 36.0 Å². The van der Waals surface area contributed by atoms with Gasteiger partial charge in [-0.2, -0.15) is 0 Å². The summed E-state index contributed by atoms with van der Waals surface area (Å²) in [7, 11) is 0. The number of likely N-dealkylation sites (tertiary alicyclic amines) is 1. The Morgan fingerprint density at radius 1 is 1.07 bits per heavy atom. The molecule has 1 aliphatic heterocycles. The van der Waals surface area contributed by atoms with E-state index in [0.29, 0.717) is 30.2 Å². The van der Waals surface area contributed by atoms with Crippen LogP contribution in [0, 0.1) is 0 Å². The number of ether oxygens (including phenoxy) is 1. The molecule has 0 aromatic heterocycles. The van der Waals surface area contributed by atoms with E-state index in [1.54, 1.807) is 24.3 Å². The Morgan fingerprint density at radius 2 is 1.71 bits per heavy atom. The molecular formula is C21H24ClN3O3. The lowest BCUT2D eigenvalue weighted by Gasteiger charge is -2.32. The number of piperidine rings is 1. The van der Waals surface area contributed by atoms with Crippen molar-refractivity contribution in [2.24, 2.45) is 5.73 Å². The largest absolute Gasteiger partial charge is 0.490 e. The van der Waals surface area contributed by atoms with Crippen molar-refractivity contribution in [3.63, 3.8) is 0 Å². The van der Waals surface area contributed by atoms with Gasteiger partial charge in [0.25, 0.3) is 0 Å². The number of nitrogens with zero attached hydrogens (tertiary/aromatic N) is 1. The molecule has 3 N–H and O–H groups in total. The van der Waals surface area contributed by atoms with Crippen LogP contribution in [-0.2, 0) is 11.2 Å². The Labute approximate surface area is 169 Å². The van der Waals surface area contributed by atoms with Gasteiger partial charge in [-0.3, -0.25) is 4.79 Å². The molecule has 1 heterocycles. The number of carbonyl (C=O) groups is 2. The van der Waals surface area contributed by atoms with Gasteiger partial charge in [0.05, 0.1) is 0 Å². The number of amides is 3. The van der Waals surface area contributed by atoms with Crippen LogP contribution in [0.2, 0.25) is 5.02 Å². The van der Waals surface area contributed by atoms with E-state index in [4.69, 9.17) is 22.1 Å². The second kappa shape index (κ2) is 9.46. The molecular weight excluding hydrogens is 378 g/mol. The maximum Gasteiger partial charge on any atom is 0.316 e. The number of hydrogen-bond donors (Lipinski definition) is 2. The first-order chi connectivity index (χ1) is 13.5. The fraction of sp³-hybridized carbons (Fsp3) is 0.333. The number of benzene rings is 2. The molecule has 0 spiro atoms. The van der Waals surface area contributed by atoms with Crippen LogP contribution in [0.4, 0.5) is 10.5 Å². The first kappa shape index (κ1) is 20.0. The molecule has 0 atom stereocenters. The number of anilines is 1. The standard InChI is InChI=1S/C21H24ClN3O3/c22-16-4-1-15(2-5-16)3-10-20(26)25-13-11-19(12-14-25)28-18-8-6-17(7-9-18)24-21(23)27/h1-2,4-9,19H,3,10-14H2,(H3,23,24,27). The van der Waals surface area contributed by atoms with Crippen LogP contribution < -0.4 is 15.8 Å². The quantitative estimate of drug-likeness (QED) is 0.771. The molecule has 7 heteroatoms. The molecule has 1 fully saturated rings. The summed E-state index contributed by atoms with van der Waals surface area (Å²) in [5, 5.41) is 3.22. The molecule has 0 unspecified atom stereocenters. The SMILES string of the molecule is NC(=O)Nc1ccc(OC2CCN(C(=O)CCc3ccc(Cl)cc3)CC2)cc1. The van der Waals surface area contributed by atoms with Crippen molar-refractivity contribution in [3.8, 4) is 5.75 Å². The van der Waals surface area contributed by atoms with Crippen molar-refractivity contribution in [3.05, 3.63) is 59.1 Å². The zero-order valence-corrected chi connectivity index (χ0v) is 16.3. The summed E-state index contributed by atoms with van der Waals surface area (Å²) in [5.41, 5.74) is 6.83. The van der Waals surface area contributed by atoms with E-state index in [2.05, 4.69) is 5.32 Å². The smallest absolute Gasteiger partial charge is 0.316 e. The molecule has 28 heavy (non-hydrogen) atoms. The van der Waals surface area contributed by atoms with Crippen molar-refractivity contribution in [1.29, 1.82) is 0 Å². The van der Waals surface area contributed by atoms with Gasteiger partial charge in [0.2, 0.25) is 5.91 Å². The normalized spacial score (nSPS) is 14.5. The Morgan fingerprint density at radius 3 is 2.32 bits per heavy atom. The summed E-state index contributed by atoms with van der Waals surface area (Å²) in [6.45, 7) is 1.40. The van der Waals surface area contributed by atoms with Gasteiger partial charge in [-0.1, -0.05) is 23.7 Å². The predicted octanol–water partition coefficient (Wildman–Crippen LogP) is 3.83. The van der Waals surface area contributed by atoms with Crippen molar-refractivity contribution in [1.82, 2.24) is 4.90 Å². The molecule has 3 amide bonds. The molecule has 0 aliphatic carbocycles. The van der Waals surface area contributed by atoms with Crippen LogP contribution in [0.15, 0.2) is 48.5 Å². The summed E-state index contributed by atoms with van der Waals surface area (Å²) in [6, 6.07) is 14.1. The predicted molar refractivity (Wildman–Crippen MR) is 110 cm³/mol. The molecule has 0 bridgehead atoms. The Kier molecular flexibility index (Phi) is 6.76. The molecule has 1 aliphatic rings. The summed E-state index contributed by atoms with van der Waals surface area (Å²) >= 11 is 5.89. The maximum absolute atomic E-state index is 12.4. The van der Waals surface area contributed by atoms with Gasteiger partial charge in [-0.05, 0) is 48.4 Å². The summed E-state index contributed by atoms with van der Waals surface area (Å²) in [5.74, 6) is 0.915. The molecule has 0 saturated carbocycles. The van der Waals surface area contributed by atoms with Crippen LogP contribution in [0.25, 0.3) is 0 Å². The maximum atomic E-state index is 12.4. The highest BCUT2D eigenvalue weighted by molar-refractivity contribution is 6.30. The number of hydrogen-bond acceptors (Lipinski definition) is 3. The minimum atomic E-state index is -0.596. The third kappa shape index (κ3) is 5.89. The summed E-state index contributed by atoms with van der Waals surface area (Å²) < 4.78 is 5.99. The molecule has 1 saturated heterocycles. The Hall–Kier alpha value is -2.73. The highest BCUT2D eigenvalue weighted by Gasteiger charge is 2.23. The second-order valence-electron chi connectivity index (χ2n) is 6.84. The van der Waals surface area contributed by atoms with Crippen molar-refractivity contribution in [2.45, 2.75) is 31.8 Å². The number of carbonyl (C=O) groups excluding carboxylic acids is 2. The zero-order valence-electron chi connectivity index (χ0n) is 15.6. The molecule has 6 nitrogen and oxygen atoms in total. The van der Waals surface area contributed by atoms with E-state index in [1.165, 1.54) is 0 Å². The van der Waals surface area contributed by atoms with Crippen LogP contribution in [0.1, 0.15) is 24.8 Å². The fourth-order valence-corrected chi connectivity index (χ4v) is 3.36. The Bertz CT molecular complexity index is 801. The average molecular weight is 402 g/mol. The van der Waals surface area contributed by atoms with E-state index < -0.39 is 6.03 Å². The van der Waals surface area contributed by atoms with E-state index in [1.807, 2.05) is 29.2 Å². The monoisotopic (exact) mass is 401 g/mol. The zero-order chi connectivity index (χ0) is 19.9. The number of primary amides is 1. The first-order valence-corrected chi connectivity index (χ1v) is 9.73. The Balaban J connectivity index is 1.41. The van der Waals surface area contributed by atoms with Crippen molar-refractivity contribution >= 4 is 29.2 Å². The number of rotatable bonds is 6. The van der Waals surface area contributed by atoms with Gasteiger partial charge in [-0.25, -0.2) is 4.79 Å². The second-order valence-corrected chi connectivity index (χ2v) is 7.27. The summed E-state index contributed by atoms with van der Waals surface area (Å²) in [6.07, 6.45) is 2.90. The third-order valence-corrected chi connectivity index (χ3v) is 5.01. The van der Waals surface area contributed by atoms with E-state index in [-0.39, 0.29) is 12.0 Å². The van der Waals surface area contributed by atoms with Crippen molar-refractivity contribution in [2.75, 3.05) is 18.4 Å². The first-order valence-electron chi connectivity index (χ1n) is 9.35. The minimum Gasteiger partial charge on any atom is -0.490 e. The van der Waals surface area contributed by atoms with Crippen molar-refractivity contribution < 1.29 is 14.3 Å². The molecule has 3 rings (SSSR count). The molecule has 2 aromatic rings. The van der Waals surface area contributed by atoms with Gasteiger partial charge in [-0.15, -0.1) is 0 Å². The number of halogens is 1. The van der Waals surface area contributed by atoms with Gasteiger partial charge in [0.15, 0.2) is 0 Å². The van der Waals surface area contributed by atoms with E-state index in [0.717, 1.165) is 30.6 Å². The molecule has 0 radical (unpaired) electrons. The third-order valence-electron chi connectivity index (χ3n) is 4.76. The molecule has 2 aromatic carbocycles. The number of aryl methyl sites for hydroxylation is 1. The van der Waals surface area contributed by atoms with Gasteiger partial charge >= 0.3 is 6.03 Å². The fourth-order valence-electron chi connectivity index (χ4n) is 3.24. The lowest BCUT2D eigenvalue weighted by Crippen LogP contribution is -2.41. The van der Waals surface area contributed by atoms with E-state index in [9.17, 15) is 9.59 Å². The van der Waals surface area contributed by atoms with Crippen LogP contribution in [0.5, 0.6) is 5.75 Å². The van der Waals surface area contributed by atoms with Gasteiger partial charge < -0.3 is 20.7 Å². The topological polar surface area (TPSA) is 84.7 Å². The van der Waals surface area contributed by atoms with Crippen LogP contribution in [0.3, 0.4) is 0 Å². The van der Waals surface area contributed by atoms with Gasteiger partial charge in [0.1, 0.15) is 11.9 Å². The number of nitrogens with one attached hydrogen (secondary N) is 1. The highest BCUT2D eigenvalue weighted by Crippen LogP contribution is 2.22. The van der Waals surface area contributed by atoms with E-state index >= 15 is 0 Å².